The number of nitrogens with one attached hydrogen (secondary N) is 1. The molecule has 3 aromatic rings. The highest BCUT2D eigenvalue weighted by molar-refractivity contribution is 7.19. The van der Waals surface area contributed by atoms with Crippen molar-refractivity contribution in [2.75, 3.05) is 13.1 Å². The van der Waals surface area contributed by atoms with Crippen molar-refractivity contribution in [1.29, 1.82) is 0 Å². The van der Waals surface area contributed by atoms with Gasteiger partial charge in [-0.1, -0.05) is 30.7 Å². The summed E-state index contributed by atoms with van der Waals surface area (Å²) >= 11 is 1.42. The minimum atomic E-state index is -4.52. The van der Waals surface area contributed by atoms with E-state index in [4.69, 9.17) is 5.73 Å². The Morgan fingerprint density at radius 2 is 1.77 bits per heavy atom. The second-order valence-corrected chi connectivity index (χ2v) is 7.35. The zero-order valence-corrected chi connectivity index (χ0v) is 16.9. The summed E-state index contributed by atoms with van der Waals surface area (Å²) in [6, 6.07) is 12.5. The Kier molecular flexibility index (Phi) is 8.94. The Balaban J connectivity index is 0.000000244. The zero-order chi connectivity index (χ0) is 22.0. The molecule has 0 spiro atoms. The number of amides is 1. The normalized spacial score (nSPS) is 10.9. The van der Waals surface area contributed by atoms with Gasteiger partial charge in [-0.05, 0) is 43.7 Å². The predicted octanol–water partition coefficient (Wildman–Crippen LogP) is 4.67. The van der Waals surface area contributed by atoms with Gasteiger partial charge in [-0.2, -0.15) is 13.2 Å². The van der Waals surface area contributed by atoms with Crippen molar-refractivity contribution < 1.29 is 22.8 Å². The van der Waals surface area contributed by atoms with Gasteiger partial charge in [-0.25, -0.2) is 4.98 Å². The van der Waals surface area contributed by atoms with Crippen molar-refractivity contribution >= 4 is 33.7 Å². The molecule has 0 bridgehead atoms. The summed E-state index contributed by atoms with van der Waals surface area (Å²) in [7, 11) is 0. The summed E-state index contributed by atoms with van der Waals surface area (Å²) in [6.45, 7) is 0.926. The van der Waals surface area contributed by atoms with Gasteiger partial charge in [0.1, 0.15) is 0 Å². The maximum Gasteiger partial charge on any atom is 0.417 e. The van der Waals surface area contributed by atoms with Gasteiger partial charge in [-0.3, -0.25) is 9.59 Å². The maximum atomic E-state index is 12.7. The smallest absolute Gasteiger partial charge is 0.352 e. The second kappa shape index (κ2) is 11.4. The van der Waals surface area contributed by atoms with E-state index in [9.17, 15) is 22.8 Å². The fraction of sp³-hybridized carbons (Fsp3) is 0.286. The fourth-order valence-electron chi connectivity index (χ4n) is 2.61. The molecule has 2 aromatic carbocycles. The molecule has 0 aliphatic heterocycles. The number of thiazole rings is 1. The number of alkyl halides is 3. The number of nitrogens with two attached hydrogens (primary N) is 1. The van der Waals surface area contributed by atoms with Crippen molar-refractivity contribution in [2.45, 2.75) is 25.4 Å². The number of halogens is 3. The number of hydrogen-bond donors (Lipinski definition) is 2. The van der Waals surface area contributed by atoms with E-state index in [1.165, 1.54) is 29.5 Å². The van der Waals surface area contributed by atoms with E-state index in [0.29, 0.717) is 24.5 Å². The van der Waals surface area contributed by atoms with E-state index in [2.05, 4.69) is 10.3 Å². The molecular weight excluding hydrogens is 415 g/mol. The number of hydrogen-bond acceptors (Lipinski definition) is 5. The molecule has 0 aliphatic rings. The quantitative estimate of drug-likeness (QED) is 0.415. The largest absolute Gasteiger partial charge is 0.417 e. The molecular formula is C21H22F3N3O2S. The van der Waals surface area contributed by atoms with Crippen LogP contribution < -0.4 is 11.1 Å². The van der Waals surface area contributed by atoms with Crippen molar-refractivity contribution in [2.24, 2.45) is 5.73 Å². The van der Waals surface area contributed by atoms with Gasteiger partial charge in [0.05, 0.1) is 21.3 Å². The molecule has 9 heteroatoms. The minimum absolute atomic E-state index is 0.339. The highest BCUT2D eigenvalue weighted by atomic mass is 32.1. The number of para-hydroxylation sites is 1. The molecule has 3 N–H and O–H groups in total. The first-order chi connectivity index (χ1) is 14.4. The zero-order valence-electron chi connectivity index (χ0n) is 16.1. The Labute approximate surface area is 176 Å². The summed E-state index contributed by atoms with van der Waals surface area (Å²) in [5.41, 5.74) is 4.97. The molecule has 1 heterocycles. The van der Waals surface area contributed by atoms with E-state index in [1.54, 1.807) is 0 Å². The first kappa shape index (κ1) is 23.5. The number of carbonyl (C=O) groups excluding carboxylic acids is 2. The van der Waals surface area contributed by atoms with E-state index in [1.807, 2.05) is 24.3 Å². The third-order valence-corrected chi connectivity index (χ3v) is 5.02. The first-order valence-corrected chi connectivity index (χ1v) is 10.1. The molecule has 0 fully saturated rings. The van der Waals surface area contributed by atoms with Crippen LogP contribution in [0.5, 0.6) is 0 Å². The van der Waals surface area contributed by atoms with Gasteiger partial charge in [0, 0.05) is 6.54 Å². The van der Waals surface area contributed by atoms with Gasteiger partial charge >= 0.3 is 6.18 Å². The number of rotatable bonds is 7. The molecule has 1 amide bonds. The van der Waals surface area contributed by atoms with Crippen LogP contribution in [0.15, 0.2) is 48.5 Å². The van der Waals surface area contributed by atoms with Crippen LogP contribution in [0.4, 0.5) is 13.2 Å². The Morgan fingerprint density at radius 3 is 2.43 bits per heavy atom. The van der Waals surface area contributed by atoms with Crippen LogP contribution in [0, 0.1) is 0 Å². The summed E-state index contributed by atoms with van der Waals surface area (Å²) in [6.07, 6.45) is -1.35. The molecule has 30 heavy (non-hydrogen) atoms. The van der Waals surface area contributed by atoms with E-state index in [0.717, 1.165) is 35.4 Å². The van der Waals surface area contributed by atoms with E-state index >= 15 is 0 Å². The lowest BCUT2D eigenvalue weighted by atomic mass is 10.1. The maximum absolute atomic E-state index is 12.7. The van der Waals surface area contributed by atoms with Crippen molar-refractivity contribution in [3.8, 4) is 0 Å². The molecule has 5 nitrogen and oxygen atoms in total. The number of aromatic nitrogens is 1. The van der Waals surface area contributed by atoms with Crippen LogP contribution in [0.3, 0.4) is 0 Å². The van der Waals surface area contributed by atoms with Crippen LogP contribution in [0.25, 0.3) is 10.2 Å². The average Bonchev–Trinajstić information content (AvgIpc) is 3.17. The molecule has 0 atom stereocenters. The van der Waals surface area contributed by atoms with Crippen LogP contribution in [-0.4, -0.2) is 30.3 Å². The molecule has 0 saturated heterocycles. The number of benzene rings is 2. The lowest BCUT2D eigenvalue weighted by Crippen LogP contribution is -2.27. The Morgan fingerprint density at radius 1 is 1.07 bits per heavy atom. The number of nitrogens with zero attached hydrogens (tertiary/aromatic N) is 1. The Bertz CT molecular complexity index is 940. The first-order valence-electron chi connectivity index (χ1n) is 9.32. The van der Waals surface area contributed by atoms with Gasteiger partial charge < -0.3 is 11.1 Å². The third-order valence-electron chi connectivity index (χ3n) is 4.05. The minimum Gasteiger partial charge on any atom is -0.352 e. The summed E-state index contributed by atoms with van der Waals surface area (Å²) in [4.78, 5) is 26.1. The van der Waals surface area contributed by atoms with E-state index in [-0.39, 0.29) is 5.56 Å². The van der Waals surface area contributed by atoms with Gasteiger partial charge in [-0.15, -0.1) is 11.3 Å². The molecule has 0 aliphatic carbocycles. The van der Waals surface area contributed by atoms with Crippen molar-refractivity contribution in [3.05, 3.63) is 64.7 Å². The predicted molar refractivity (Wildman–Crippen MR) is 112 cm³/mol. The highest BCUT2D eigenvalue weighted by Crippen LogP contribution is 2.31. The Hall–Kier alpha value is -2.78. The topological polar surface area (TPSA) is 85.1 Å². The fourth-order valence-corrected chi connectivity index (χ4v) is 3.39. The molecule has 160 valence electrons. The van der Waals surface area contributed by atoms with Gasteiger partial charge in [0.2, 0.25) is 0 Å². The SMILES string of the molecule is NCCCCCNC(=O)c1ccccc1C(F)(F)F.O=Cc1nc2ccccc2s1. The molecule has 0 unspecified atom stereocenters. The second-order valence-electron chi connectivity index (χ2n) is 6.29. The number of unbranched alkanes of at least 4 members (excludes halogenated alkanes) is 2. The molecule has 3 rings (SSSR count). The van der Waals surface area contributed by atoms with Gasteiger partial charge in [0.25, 0.3) is 5.91 Å². The van der Waals surface area contributed by atoms with E-state index < -0.39 is 17.6 Å². The standard InChI is InChI=1S/C13H17F3N2O.C8H5NOS/c14-13(15,16)11-7-3-2-6-10(11)12(19)18-9-5-1-4-8-17;10-5-8-9-6-3-1-2-4-7(6)11-8/h2-3,6-7H,1,4-5,8-9,17H2,(H,18,19);1-5H. The van der Waals surface area contributed by atoms with Gasteiger partial charge in [0.15, 0.2) is 11.3 Å². The van der Waals surface area contributed by atoms with Crippen LogP contribution >= 0.6 is 11.3 Å². The number of fused-ring (bicyclic) bond motifs is 1. The number of aldehydes is 1. The third kappa shape index (κ3) is 6.93. The summed E-state index contributed by atoms with van der Waals surface area (Å²) < 4.78 is 39.2. The van der Waals surface area contributed by atoms with Crippen LogP contribution in [0.2, 0.25) is 0 Å². The van der Waals surface area contributed by atoms with Crippen molar-refractivity contribution in [3.63, 3.8) is 0 Å². The average molecular weight is 437 g/mol. The highest BCUT2D eigenvalue weighted by Gasteiger charge is 2.34. The molecule has 0 radical (unpaired) electrons. The summed E-state index contributed by atoms with van der Waals surface area (Å²) in [5, 5.41) is 3.04. The lowest BCUT2D eigenvalue weighted by molar-refractivity contribution is -0.137. The van der Waals surface area contributed by atoms with Crippen molar-refractivity contribution in [1.82, 2.24) is 10.3 Å². The summed E-state index contributed by atoms with van der Waals surface area (Å²) in [5.74, 6) is -0.694. The molecule has 0 saturated carbocycles. The number of carbonyl (C=O) groups is 2. The lowest BCUT2D eigenvalue weighted by Gasteiger charge is -2.12. The van der Waals surface area contributed by atoms with Crippen LogP contribution in [0.1, 0.15) is 45.0 Å². The van der Waals surface area contributed by atoms with Crippen LogP contribution in [-0.2, 0) is 6.18 Å². The molecule has 1 aromatic heterocycles. The monoisotopic (exact) mass is 437 g/mol.